The Bertz CT molecular complexity index is 764. The Labute approximate surface area is 123 Å². The summed E-state index contributed by atoms with van der Waals surface area (Å²) in [5, 5.41) is 5.02. The summed E-state index contributed by atoms with van der Waals surface area (Å²) in [5.41, 5.74) is 6.78. The van der Waals surface area contributed by atoms with Crippen LogP contribution in [-0.4, -0.2) is 10.1 Å². The maximum Gasteiger partial charge on any atom is 0.230 e. The molecule has 0 aliphatic carbocycles. The van der Waals surface area contributed by atoms with E-state index in [2.05, 4.69) is 10.1 Å². The van der Waals surface area contributed by atoms with Crippen molar-refractivity contribution in [3.05, 3.63) is 40.2 Å². The van der Waals surface area contributed by atoms with Gasteiger partial charge in [-0.05, 0) is 19.1 Å². The van der Waals surface area contributed by atoms with Gasteiger partial charge in [0, 0.05) is 11.8 Å². The Balaban J connectivity index is 2.27. The third-order valence-corrected chi connectivity index (χ3v) is 4.02. The Morgan fingerprint density at radius 2 is 2.15 bits per heavy atom. The molecule has 7 heteroatoms. The van der Waals surface area contributed by atoms with Crippen LogP contribution in [-0.2, 0) is 0 Å². The minimum Gasteiger partial charge on any atom is -0.367 e. The summed E-state index contributed by atoms with van der Waals surface area (Å²) >= 11 is 7.50. The monoisotopic (exact) mass is 309 g/mol. The number of hydrogen-bond donors (Lipinski definition) is 1. The predicted octanol–water partition coefficient (Wildman–Crippen LogP) is 4.15. The molecule has 102 valence electrons. The van der Waals surface area contributed by atoms with Crippen LogP contribution in [0.1, 0.15) is 5.01 Å². The molecule has 0 spiro atoms. The molecule has 0 unspecified atom stereocenters. The van der Waals surface area contributed by atoms with Gasteiger partial charge in [0.2, 0.25) is 5.88 Å². The van der Waals surface area contributed by atoms with Gasteiger partial charge in [0.25, 0.3) is 0 Å². The van der Waals surface area contributed by atoms with E-state index in [-0.39, 0.29) is 16.5 Å². The molecule has 4 nitrogen and oxygen atoms in total. The summed E-state index contributed by atoms with van der Waals surface area (Å²) in [6, 6.07) is 4.44. The van der Waals surface area contributed by atoms with E-state index in [1.807, 2.05) is 6.92 Å². The van der Waals surface area contributed by atoms with Crippen LogP contribution >= 0.6 is 22.9 Å². The molecule has 0 saturated heterocycles. The number of nitrogen functional groups attached to an aromatic ring is 1. The fourth-order valence-corrected chi connectivity index (χ4v) is 2.94. The Morgan fingerprint density at radius 1 is 1.35 bits per heavy atom. The molecule has 0 radical (unpaired) electrons. The highest BCUT2D eigenvalue weighted by atomic mass is 35.5. The molecule has 0 bridgehead atoms. The predicted molar refractivity (Wildman–Crippen MR) is 77.2 cm³/mol. The molecule has 2 heterocycles. The number of thiazole rings is 1. The van der Waals surface area contributed by atoms with Gasteiger partial charge in [0.05, 0.1) is 20.5 Å². The molecular weight excluding hydrogens is 301 g/mol. The van der Waals surface area contributed by atoms with Crippen LogP contribution < -0.4 is 5.73 Å². The first-order valence-electron chi connectivity index (χ1n) is 5.70. The van der Waals surface area contributed by atoms with E-state index >= 15 is 0 Å². The normalized spacial score (nSPS) is 10.9. The first-order valence-corrected chi connectivity index (χ1v) is 6.89. The van der Waals surface area contributed by atoms with E-state index in [0.717, 1.165) is 9.88 Å². The van der Waals surface area contributed by atoms with Crippen LogP contribution in [0.4, 0.5) is 10.3 Å². The number of halogens is 2. The van der Waals surface area contributed by atoms with E-state index in [1.165, 1.54) is 23.5 Å². The lowest BCUT2D eigenvalue weighted by atomic mass is 10.0. The number of aromatic nitrogens is 2. The highest BCUT2D eigenvalue weighted by molar-refractivity contribution is 7.15. The number of nitrogens with zero attached hydrogens (tertiary/aromatic N) is 2. The number of nitrogens with two attached hydrogens (primary N) is 1. The fourth-order valence-electron chi connectivity index (χ4n) is 1.92. The van der Waals surface area contributed by atoms with Gasteiger partial charge in [-0.1, -0.05) is 22.8 Å². The first-order chi connectivity index (χ1) is 9.58. The zero-order chi connectivity index (χ0) is 14.3. The SMILES string of the molecule is Cc1ncc(-c2noc(N)c2-c2c(F)cccc2Cl)s1. The van der Waals surface area contributed by atoms with Crippen molar-refractivity contribution >= 4 is 28.8 Å². The van der Waals surface area contributed by atoms with Crippen molar-refractivity contribution in [2.45, 2.75) is 6.92 Å². The summed E-state index contributed by atoms with van der Waals surface area (Å²) in [6.45, 7) is 1.87. The Morgan fingerprint density at radius 3 is 2.80 bits per heavy atom. The summed E-state index contributed by atoms with van der Waals surface area (Å²) < 4.78 is 19.1. The number of anilines is 1. The molecule has 0 aliphatic rings. The van der Waals surface area contributed by atoms with E-state index in [4.69, 9.17) is 21.9 Å². The second-order valence-corrected chi connectivity index (χ2v) is 5.75. The van der Waals surface area contributed by atoms with Crippen LogP contribution in [0, 0.1) is 12.7 Å². The van der Waals surface area contributed by atoms with Crippen molar-refractivity contribution in [1.82, 2.24) is 10.1 Å². The summed E-state index contributed by atoms with van der Waals surface area (Å²) in [4.78, 5) is 4.90. The Hall–Kier alpha value is -1.92. The average Bonchev–Trinajstić information content (AvgIpc) is 2.97. The highest BCUT2D eigenvalue weighted by Crippen LogP contribution is 2.42. The lowest BCUT2D eigenvalue weighted by molar-refractivity contribution is 0.439. The molecule has 1 aromatic carbocycles. The molecule has 0 fully saturated rings. The van der Waals surface area contributed by atoms with Crippen LogP contribution in [0.25, 0.3) is 21.7 Å². The summed E-state index contributed by atoms with van der Waals surface area (Å²) in [5.74, 6) is -0.451. The lowest BCUT2D eigenvalue weighted by Crippen LogP contribution is -1.91. The van der Waals surface area contributed by atoms with Gasteiger partial charge in [-0.3, -0.25) is 0 Å². The summed E-state index contributed by atoms with van der Waals surface area (Å²) in [6.07, 6.45) is 1.65. The standard InChI is InChI=1S/C13H9ClFN3OS/c1-6-17-5-9(20-6)12-11(13(16)19-18-12)10-7(14)3-2-4-8(10)15/h2-5H,16H2,1H3. The molecule has 3 aromatic rings. The van der Waals surface area contributed by atoms with E-state index in [1.54, 1.807) is 12.3 Å². The largest absolute Gasteiger partial charge is 0.367 e. The molecule has 20 heavy (non-hydrogen) atoms. The van der Waals surface area contributed by atoms with Gasteiger partial charge >= 0.3 is 0 Å². The van der Waals surface area contributed by atoms with Crippen molar-refractivity contribution in [2.75, 3.05) is 5.73 Å². The lowest BCUT2D eigenvalue weighted by Gasteiger charge is -2.05. The molecule has 2 N–H and O–H groups in total. The van der Waals surface area contributed by atoms with Crippen molar-refractivity contribution in [2.24, 2.45) is 0 Å². The van der Waals surface area contributed by atoms with Crippen molar-refractivity contribution in [3.63, 3.8) is 0 Å². The number of rotatable bonds is 2. The average molecular weight is 310 g/mol. The van der Waals surface area contributed by atoms with Gasteiger partial charge in [-0.25, -0.2) is 9.37 Å². The minimum absolute atomic E-state index is 0.0260. The van der Waals surface area contributed by atoms with E-state index in [9.17, 15) is 4.39 Å². The van der Waals surface area contributed by atoms with Crippen LogP contribution in [0.2, 0.25) is 5.02 Å². The zero-order valence-corrected chi connectivity index (χ0v) is 11.9. The number of aryl methyl sites for hydroxylation is 1. The Kier molecular flexibility index (Phi) is 3.19. The van der Waals surface area contributed by atoms with Crippen molar-refractivity contribution in [1.29, 1.82) is 0 Å². The first kappa shape index (κ1) is 13.1. The molecule has 0 aliphatic heterocycles. The third-order valence-electron chi connectivity index (χ3n) is 2.79. The molecule has 0 amide bonds. The van der Waals surface area contributed by atoms with Gasteiger partial charge < -0.3 is 10.3 Å². The smallest absolute Gasteiger partial charge is 0.230 e. The molecule has 0 atom stereocenters. The summed E-state index contributed by atoms with van der Waals surface area (Å²) in [7, 11) is 0. The third kappa shape index (κ3) is 2.07. The quantitative estimate of drug-likeness (QED) is 0.772. The topological polar surface area (TPSA) is 64.9 Å². The second-order valence-electron chi connectivity index (χ2n) is 4.11. The molecule has 0 saturated carbocycles. The van der Waals surface area contributed by atoms with Gasteiger partial charge in [0.15, 0.2) is 0 Å². The maximum atomic E-state index is 14.1. The van der Waals surface area contributed by atoms with Crippen LogP contribution in [0.5, 0.6) is 0 Å². The van der Waals surface area contributed by atoms with E-state index < -0.39 is 5.82 Å². The van der Waals surface area contributed by atoms with Crippen LogP contribution in [0.15, 0.2) is 28.9 Å². The molecule has 3 rings (SSSR count). The zero-order valence-electron chi connectivity index (χ0n) is 10.4. The fraction of sp³-hybridized carbons (Fsp3) is 0.0769. The van der Waals surface area contributed by atoms with Gasteiger partial charge in [0.1, 0.15) is 11.5 Å². The van der Waals surface area contributed by atoms with Crippen molar-refractivity contribution in [3.8, 4) is 21.7 Å². The van der Waals surface area contributed by atoms with E-state index in [0.29, 0.717) is 11.3 Å². The molecular formula is C13H9ClFN3OS. The maximum absolute atomic E-state index is 14.1. The number of hydrogen-bond acceptors (Lipinski definition) is 5. The van der Waals surface area contributed by atoms with Crippen molar-refractivity contribution < 1.29 is 8.91 Å². The van der Waals surface area contributed by atoms with Gasteiger partial charge in [-0.2, -0.15) is 0 Å². The van der Waals surface area contributed by atoms with Crippen LogP contribution in [0.3, 0.4) is 0 Å². The molecule has 2 aromatic heterocycles. The number of benzene rings is 1. The van der Waals surface area contributed by atoms with Gasteiger partial charge in [-0.15, -0.1) is 11.3 Å². The minimum atomic E-state index is -0.477. The second kappa shape index (κ2) is 4.88. The highest BCUT2D eigenvalue weighted by Gasteiger charge is 2.23.